The van der Waals surface area contributed by atoms with Gasteiger partial charge in [0.05, 0.1) is 12.2 Å². The quantitative estimate of drug-likeness (QED) is 0.728. The van der Waals surface area contributed by atoms with Gasteiger partial charge in [-0.3, -0.25) is 4.90 Å². The van der Waals surface area contributed by atoms with Gasteiger partial charge in [-0.15, -0.1) is 0 Å². The van der Waals surface area contributed by atoms with Gasteiger partial charge in [0.25, 0.3) is 0 Å². The fourth-order valence-corrected chi connectivity index (χ4v) is 2.21. The molecule has 2 nitrogen and oxygen atoms in total. The fourth-order valence-electron chi connectivity index (χ4n) is 2.01. The highest BCUT2D eigenvalue weighted by Crippen LogP contribution is 2.21. The normalized spacial score (nSPS) is 34.1. The van der Waals surface area contributed by atoms with Gasteiger partial charge in [-0.1, -0.05) is 6.92 Å². The van der Waals surface area contributed by atoms with Crippen LogP contribution < -0.4 is 0 Å². The van der Waals surface area contributed by atoms with Crippen LogP contribution in [0.15, 0.2) is 0 Å². The number of thiol groups is 1. The van der Waals surface area contributed by atoms with Crippen molar-refractivity contribution in [1.82, 2.24) is 4.90 Å². The van der Waals surface area contributed by atoms with Crippen molar-refractivity contribution in [3.05, 3.63) is 0 Å². The van der Waals surface area contributed by atoms with Crippen molar-refractivity contribution < 1.29 is 4.74 Å². The van der Waals surface area contributed by atoms with Crippen molar-refractivity contribution in [3.8, 4) is 0 Å². The molecule has 0 amide bonds. The monoisotopic (exact) mass is 217 g/mol. The number of nitrogens with zero attached hydrogens (tertiary/aromatic N) is 1. The van der Waals surface area contributed by atoms with Crippen LogP contribution in [0.1, 0.15) is 34.1 Å². The molecule has 0 N–H and O–H groups in total. The molecular formula is C11H23NOS. The van der Waals surface area contributed by atoms with Gasteiger partial charge in [0.2, 0.25) is 0 Å². The van der Waals surface area contributed by atoms with E-state index >= 15 is 0 Å². The maximum absolute atomic E-state index is 5.70. The highest BCUT2D eigenvalue weighted by Gasteiger charge is 2.27. The summed E-state index contributed by atoms with van der Waals surface area (Å²) in [6.45, 7) is 11.8. The highest BCUT2D eigenvalue weighted by atomic mass is 32.1. The van der Waals surface area contributed by atoms with Crippen molar-refractivity contribution >= 4 is 12.6 Å². The molecule has 1 rings (SSSR count). The summed E-state index contributed by atoms with van der Waals surface area (Å²) in [4.78, 5) is 2.47. The number of hydrogen-bond acceptors (Lipinski definition) is 3. The molecule has 1 aliphatic rings. The SMILES string of the molecule is CC[C@](C)(S)CN1C[C@@H](C)O[C@@H](C)C1. The molecule has 1 fully saturated rings. The van der Waals surface area contributed by atoms with E-state index in [0.717, 1.165) is 26.1 Å². The predicted molar refractivity (Wildman–Crippen MR) is 64.1 cm³/mol. The van der Waals surface area contributed by atoms with Gasteiger partial charge in [0.1, 0.15) is 0 Å². The van der Waals surface area contributed by atoms with Crippen LogP contribution in [0.2, 0.25) is 0 Å². The first-order valence-corrected chi connectivity index (χ1v) is 5.98. The van der Waals surface area contributed by atoms with Gasteiger partial charge in [0.15, 0.2) is 0 Å². The first kappa shape index (κ1) is 12.3. The van der Waals surface area contributed by atoms with E-state index in [1.807, 2.05) is 0 Å². The Morgan fingerprint density at radius 2 is 1.86 bits per heavy atom. The molecule has 3 heteroatoms. The smallest absolute Gasteiger partial charge is 0.0678 e. The summed E-state index contributed by atoms with van der Waals surface area (Å²) in [5, 5.41) is 0. The predicted octanol–water partition coefficient (Wildman–Crippen LogP) is 2.19. The second-order valence-electron chi connectivity index (χ2n) is 4.80. The molecular weight excluding hydrogens is 194 g/mol. The molecule has 0 radical (unpaired) electrons. The van der Waals surface area contributed by atoms with E-state index in [4.69, 9.17) is 4.74 Å². The van der Waals surface area contributed by atoms with Crippen molar-refractivity contribution in [3.63, 3.8) is 0 Å². The third-order valence-electron chi connectivity index (χ3n) is 2.82. The zero-order valence-electron chi connectivity index (χ0n) is 9.79. The Morgan fingerprint density at radius 3 is 2.29 bits per heavy atom. The number of ether oxygens (including phenoxy) is 1. The van der Waals surface area contributed by atoms with Gasteiger partial charge in [0, 0.05) is 24.4 Å². The standard InChI is InChI=1S/C11H23NOS/c1-5-11(4,14)8-12-6-9(2)13-10(3)7-12/h9-10,14H,5-8H2,1-4H3/t9-,10+,11-/m0/s1. The van der Waals surface area contributed by atoms with E-state index in [2.05, 4.69) is 45.2 Å². The molecule has 3 atom stereocenters. The molecule has 1 saturated heterocycles. The summed E-state index contributed by atoms with van der Waals surface area (Å²) in [5.41, 5.74) is 0. The highest BCUT2D eigenvalue weighted by molar-refractivity contribution is 7.81. The van der Waals surface area contributed by atoms with Crippen LogP contribution in [0.25, 0.3) is 0 Å². The average Bonchev–Trinajstić information content (AvgIpc) is 2.01. The molecule has 1 aliphatic heterocycles. The van der Waals surface area contributed by atoms with Crippen LogP contribution in [0.3, 0.4) is 0 Å². The molecule has 0 aromatic heterocycles. The van der Waals surface area contributed by atoms with E-state index < -0.39 is 0 Å². The molecule has 0 unspecified atom stereocenters. The summed E-state index contributed by atoms with van der Waals surface area (Å²) in [7, 11) is 0. The van der Waals surface area contributed by atoms with Crippen LogP contribution in [-0.4, -0.2) is 41.5 Å². The average molecular weight is 217 g/mol. The van der Waals surface area contributed by atoms with Gasteiger partial charge < -0.3 is 4.74 Å². The first-order valence-electron chi connectivity index (χ1n) is 5.53. The van der Waals surface area contributed by atoms with Gasteiger partial charge in [-0.25, -0.2) is 0 Å². The lowest BCUT2D eigenvalue weighted by atomic mass is 10.1. The fraction of sp³-hybridized carbons (Fsp3) is 1.00. The lowest BCUT2D eigenvalue weighted by Gasteiger charge is -2.39. The summed E-state index contributed by atoms with van der Waals surface area (Å²) in [6, 6.07) is 0. The zero-order valence-corrected chi connectivity index (χ0v) is 10.7. The van der Waals surface area contributed by atoms with E-state index in [-0.39, 0.29) is 4.75 Å². The Hall–Kier alpha value is 0.270. The second kappa shape index (κ2) is 4.86. The van der Waals surface area contributed by atoms with Gasteiger partial charge in [-0.05, 0) is 27.2 Å². The van der Waals surface area contributed by atoms with E-state index in [1.54, 1.807) is 0 Å². The van der Waals surface area contributed by atoms with Gasteiger partial charge in [-0.2, -0.15) is 12.6 Å². The molecule has 0 aromatic carbocycles. The van der Waals surface area contributed by atoms with Gasteiger partial charge >= 0.3 is 0 Å². The lowest BCUT2D eigenvalue weighted by molar-refractivity contribution is -0.0696. The lowest BCUT2D eigenvalue weighted by Crippen LogP contribution is -2.49. The second-order valence-corrected chi connectivity index (χ2v) is 5.88. The topological polar surface area (TPSA) is 12.5 Å². The molecule has 0 bridgehead atoms. The Morgan fingerprint density at radius 1 is 1.36 bits per heavy atom. The molecule has 0 saturated carbocycles. The number of morpholine rings is 1. The minimum Gasteiger partial charge on any atom is -0.373 e. The van der Waals surface area contributed by atoms with Crippen LogP contribution in [0.4, 0.5) is 0 Å². The Kier molecular flexibility index (Phi) is 4.29. The zero-order chi connectivity index (χ0) is 10.8. The largest absolute Gasteiger partial charge is 0.373 e. The Bertz CT molecular complexity index is 174. The third-order valence-corrected chi connectivity index (χ3v) is 3.28. The molecule has 14 heavy (non-hydrogen) atoms. The van der Waals surface area contributed by atoms with E-state index in [1.165, 1.54) is 0 Å². The maximum Gasteiger partial charge on any atom is 0.0678 e. The van der Waals surface area contributed by atoms with Crippen LogP contribution in [0, 0.1) is 0 Å². The molecule has 0 aromatic rings. The van der Waals surface area contributed by atoms with Crippen LogP contribution in [-0.2, 0) is 4.74 Å². The molecule has 0 aliphatic carbocycles. The van der Waals surface area contributed by atoms with E-state index in [9.17, 15) is 0 Å². The third kappa shape index (κ3) is 3.79. The summed E-state index contributed by atoms with van der Waals surface area (Å²) >= 11 is 4.67. The minimum atomic E-state index is 0.136. The maximum atomic E-state index is 5.70. The summed E-state index contributed by atoms with van der Waals surface area (Å²) in [6.07, 6.45) is 1.83. The van der Waals surface area contributed by atoms with Crippen molar-refractivity contribution in [1.29, 1.82) is 0 Å². The number of rotatable bonds is 3. The minimum absolute atomic E-state index is 0.136. The summed E-state index contributed by atoms with van der Waals surface area (Å²) in [5.74, 6) is 0. The molecule has 84 valence electrons. The Balaban J connectivity index is 2.44. The molecule has 1 heterocycles. The molecule has 0 spiro atoms. The van der Waals surface area contributed by atoms with Crippen LogP contribution >= 0.6 is 12.6 Å². The summed E-state index contributed by atoms with van der Waals surface area (Å²) < 4.78 is 5.83. The van der Waals surface area contributed by atoms with Crippen molar-refractivity contribution in [2.45, 2.75) is 51.1 Å². The number of hydrogen-bond donors (Lipinski definition) is 1. The van der Waals surface area contributed by atoms with Crippen molar-refractivity contribution in [2.75, 3.05) is 19.6 Å². The van der Waals surface area contributed by atoms with Crippen molar-refractivity contribution in [2.24, 2.45) is 0 Å². The van der Waals surface area contributed by atoms with E-state index in [0.29, 0.717) is 12.2 Å². The Labute approximate surface area is 93.4 Å². The van der Waals surface area contributed by atoms with Crippen LogP contribution in [0.5, 0.6) is 0 Å². The first-order chi connectivity index (χ1) is 6.43.